The summed E-state index contributed by atoms with van der Waals surface area (Å²) in [6.45, 7) is 13.1. The van der Waals surface area contributed by atoms with Crippen molar-refractivity contribution in [3.63, 3.8) is 0 Å². The number of ether oxygens (including phenoxy) is 1. The van der Waals surface area contributed by atoms with Crippen molar-refractivity contribution in [1.82, 2.24) is 30.3 Å². The Morgan fingerprint density at radius 1 is 0.776 bits per heavy atom. The first-order valence-corrected chi connectivity index (χ1v) is 24.4. The Morgan fingerprint density at radius 2 is 1.39 bits per heavy atom. The first-order valence-electron chi connectivity index (χ1n) is 22.7. The number of hydrogen-bond acceptors (Lipinski definition) is 10. The number of rotatable bonds is 22. The van der Waals surface area contributed by atoms with E-state index in [0.29, 0.717) is 19.6 Å². The van der Waals surface area contributed by atoms with Gasteiger partial charge in [0.25, 0.3) is 0 Å². The average molecular weight is 945 g/mol. The topological polar surface area (TPSA) is 203 Å². The van der Waals surface area contributed by atoms with Gasteiger partial charge in [-0.2, -0.15) is 0 Å². The summed E-state index contributed by atoms with van der Waals surface area (Å²) in [5.74, 6) is -0.971. The van der Waals surface area contributed by atoms with Crippen LogP contribution in [-0.4, -0.2) is 122 Å². The summed E-state index contributed by atoms with van der Waals surface area (Å²) in [4.78, 5) is 85.8. The van der Waals surface area contributed by atoms with Gasteiger partial charge in [0.1, 0.15) is 0 Å². The van der Waals surface area contributed by atoms with E-state index in [1.54, 1.807) is 43.7 Å². The van der Waals surface area contributed by atoms with Gasteiger partial charge in [-0.25, -0.2) is 0 Å². The number of carbonyl (C=O) groups excluding carboxylic acids is 3. The number of pyridine rings is 1. The molecule has 5 amide bonds. The minimum absolute atomic E-state index is 0.0241. The summed E-state index contributed by atoms with van der Waals surface area (Å²) < 4.78 is 16.9. The zero-order valence-corrected chi connectivity index (χ0v) is 40.9. The van der Waals surface area contributed by atoms with Crippen LogP contribution in [0.25, 0.3) is 11.3 Å². The second-order valence-corrected chi connectivity index (χ2v) is 20.8. The van der Waals surface area contributed by atoms with Crippen molar-refractivity contribution >= 4 is 32.1 Å². The maximum absolute atomic E-state index is 15.0. The van der Waals surface area contributed by atoms with Crippen LogP contribution >= 0.6 is 8.17 Å². The monoisotopic (exact) mass is 944 g/mol. The van der Waals surface area contributed by atoms with E-state index < -0.39 is 74.0 Å². The van der Waals surface area contributed by atoms with Crippen molar-refractivity contribution in [3.8, 4) is 11.3 Å². The molecule has 1 fully saturated rings. The van der Waals surface area contributed by atoms with Crippen LogP contribution in [0.2, 0.25) is 0 Å². The molecule has 1 aliphatic rings. The summed E-state index contributed by atoms with van der Waals surface area (Å²) in [6.07, 6.45) is -0.0649. The number of nitrogens with one attached hydrogen (secondary N) is 2. The van der Waals surface area contributed by atoms with Crippen LogP contribution in [0.4, 0.5) is 9.59 Å². The molecule has 0 unspecified atom stereocenters. The molecule has 364 valence electrons. The summed E-state index contributed by atoms with van der Waals surface area (Å²) in [5, 5.41) is 16.5. The van der Waals surface area contributed by atoms with Gasteiger partial charge in [0.15, 0.2) is 0 Å². The number of likely N-dealkylation sites (N-methyl/N-ethyl adjacent to an activating group) is 1. The zero-order chi connectivity index (χ0) is 48.9. The molecular formula is C50H69N6O10P. The molecule has 0 spiro atoms. The Hall–Kier alpha value is -5.48. The van der Waals surface area contributed by atoms with E-state index in [9.17, 15) is 29.3 Å². The van der Waals surface area contributed by atoms with E-state index in [1.807, 2.05) is 124 Å². The van der Waals surface area contributed by atoms with Gasteiger partial charge in [0.2, 0.25) is 0 Å². The molecule has 1 saturated heterocycles. The van der Waals surface area contributed by atoms with Gasteiger partial charge in [-0.1, -0.05) is 36.4 Å². The number of benzene rings is 3. The molecule has 0 radical (unpaired) electrons. The van der Waals surface area contributed by atoms with E-state index in [2.05, 4.69) is 15.6 Å². The molecule has 67 heavy (non-hydrogen) atoms. The van der Waals surface area contributed by atoms with Crippen molar-refractivity contribution in [2.75, 3.05) is 33.5 Å². The van der Waals surface area contributed by atoms with Crippen LogP contribution in [0.3, 0.4) is 0 Å². The van der Waals surface area contributed by atoms with Gasteiger partial charge in [0.05, 0.1) is 0 Å². The first kappa shape index (κ1) is 52.5. The molecule has 1 aromatic heterocycles. The summed E-state index contributed by atoms with van der Waals surface area (Å²) >= 11 is 0. The predicted molar refractivity (Wildman–Crippen MR) is 258 cm³/mol. The Balaban J connectivity index is 1.55. The second kappa shape index (κ2) is 23.5. The van der Waals surface area contributed by atoms with E-state index in [0.717, 1.165) is 32.8 Å². The number of urea groups is 1. The van der Waals surface area contributed by atoms with E-state index in [1.165, 1.54) is 7.05 Å². The predicted octanol–water partition coefficient (Wildman–Crippen LogP) is 7.06. The molecule has 5 rings (SSSR count). The molecule has 3 aromatic carbocycles. The normalized spacial score (nSPS) is 15.9. The van der Waals surface area contributed by atoms with E-state index in [-0.39, 0.29) is 31.9 Å². The third kappa shape index (κ3) is 15.3. The number of hydrogen-bond donors (Lipinski definition) is 5. The molecule has 0 bridgehead atoms. The maximum atomic E-state index is 15.0. The standard InChI is InChI=1S/C50H69N6O10P/c1-9-65-67(62,63)66-34-64-42(32-39(52-45(57)43(49(2,3)4)54(8)48(60)61)30-36-23-25-38(26-24-36)40-22-16-17-27-51-40)41(31-35-18-12-10-13-19-35)53-46(58)44(50(5,6)7)56-29-28-55(47(56)59)33-37-20-14-11-15-21-37/h10-27,39,41-44,62-63,67H,9,28-34H2,1-8H3,(H,52,57)(H,53,58)(H,60,61)/t39-,41-,42-,43+,44+/m0/s1. The fraction of sp³-hybridized carbons (Fsp3) is 0.460. The number of amides is 5. The van der Waals surface area contributed by atoms with Gasteiger partial charge < -0.3 is 0 Å². The quantitative estimate of drug-likeness (QED) is 0.0399. The zero-order valence-electron chi connectivity index (χ0n) is 39.9. The molecule has 16 nitrogen and oxygen atoms in total. The van der Waals surface area contributed by atoms with Gasteiger partial charge in [0, 0.05) is 6.20 Å². The van der Waals surface area contributed by atoms with Crippen molar-refractivity contribution in [1.29, 1.82) is 0 Å². The first-order chi connectivity index (χ1) is 31.7. The third-order valence-corrected chi connectivity index (χ3v) is 12.8. The van der Waals surface area contributed by atoms with Crippen LogP contribution in [0.1, 0.15) is 71.6 Å². The minimum atomic E-state index is -4.63. The third-order valence-electron chi connectivity index (χ3n) is 11.7. The van der Waals surface area contributed by atoms with Crippen LogP contribution in [-0.2, 0) is 42.8 Å². The molecular weight excluding hydrogens is 876 g/mol. The van der Waals surface area contributed by atoms with Gasteiger partial charge in [-0.05, 0) is 17.7 Å². The molecule has 5 atom stereocenters. The molecule has 0 aliphatic carbocycles. The van der Waals surface area contributed by atoms with Crippen molar-refractivity contribution < 1.29 is 47.9 Å². The van der Waals surface area contributed by atoms with Crippen molar-refractivity contribution in [3.05, 3.63) is 126 Å². The van der Waals surface area contributed by atoms with Crippen LogP contribution in [0, 0.1) is 10.8 Å². The Labute approximate surface area is 395 Å². The molecule has 2 heterocycles. The van der Waals surface area contributed by atoms with Gasteiger partial charge in [-0.15, -0.1) is 0 Å². The number of carbonyl (C=O) groups is 4. The van der Waals surface area contributed by atoms with Crippen LogP contribution in [0.5, 0.6) is 0 Å². The van der Waals surface area contributed by atoms with E-state index >= 15 is 4.79 Å². The molecule has 5 N–H and O–H groups in total. The molecule has 0 saturated carbocycles. The van der Waals surface area contributed by atoms with E-state index in [4.69, 9.17) is 13.8 Å². The number of carboxylic acid groups (broad SMARTS) is 1. The number of nitrogens with zero attached hydrogens (tertiary/aromatic N) is 4. The SMILES string of the molecule is CCO[PH](O)(O)OCO[C@@H](C[C@H](Cc1ccc(-c2ccccn2)cc1)NC(=O)[C@@H](N(C)C(=O)O)C(C)(C)C)[C@H](Cc1ccccc1)NC(=O)[C@@H](N1CCN(Cc2ccccc2)C1=O)C(C)(C)C. The van der Waals surface area contributed by atoms with Gasteiger partial charge >= 0.3 is 331 Å². The number of aromatic nitrogens is 1. The summed E-state index contributed by atoms with van der Waals surface area (Å²) in [6, 6.07) is 28.6. The van der Waals surface area contributed by atoms with Gasteiger partial charge in [-0.3, -0.25) is 4.98 Å². The Kier molecular flexibility index (Phi) is 18.4. The molecule has 4 aromatic rings. The Bertz CT molecular complexity index is 2210. The Morgan fingerprint density at radius 3 is 1.96 bits per heavy atom. The molecule has 17 heteroatoms. The second-order valence-electron chi connectivity index (χ2n) is 19.1. The fourth-order valence-corrected chi connectivity index (χ4v) is 9.30. The van der Waals surface area contributed by atoms with Crippen molar-refractivity contribution in [2.24, 2.45) is 10.8 Å². The van der Waals surface area contributed by atoms with Crippen LogP contribution in [0.15, 0.2) is 109 Å². The average Bonchev–Trinajstić information content (AvgIpc) is 3.60. The van der Waals surface area contributed by atoms with Crippen LogP contribution < -0.4 is 10.6 Å². The molecule has 1 aliphatic heterocycles. The summed E-state index contributed by atoms with van der Waals surface area (Å²) in [5.41, 5.74) is 2.75. The fourth-order valence-electron chi connectivity index (χ4n) is 8.62. The van der Waals surface area contributed by atoms with Crippen molar-refractivity contribution in [2.45, 2.75) is 105 Å². The summed E-state index contributed by atoms with van der Waals surface area (Å²) in [7, 11) is -3.28.